The van der Waals surface area contributed by atoms with Gasteiger partial charge in [-0.15, -0.1) is 5.10 Å². The maximum absolute atomic E-state index is 12.3. The summed E-state index contributed by atoms with van der Waals surface area (Å²) in [7, 11) is 1.78. The Kier molecular flexibility index (Phi) is 3.26. The van der Waals surface area contributed by atoms with Crippen molar-refractivity contribution >= 4 is 5.91 Å². The van der Waals surface area contributed by atoms with E-state index in [1.165, 1.54) is 5.56 Å². The van der Waals surface area contributed by atoms with Crippen LogP contribution in [0.15, 0.2) is 24.3 Å². The molecule has 5 nitrogen and oxygen atoms in total. The number of H-pyrrole nitrogens is 1. The number of hydrogen-bond donors (Lipinski definition) is 1. The van der Waals surface area contributed by atoms with Crippen LogP contribution in [0.5, 0.6) is 0 Å². The minimum atomic E-state index is -0.142. The van der Waals surface area contributed by atoms with Crippen molar-refractivity contribution in [3.8, 4) is 0 Å². The van der Waals surface area contributed by atoms with E-state index in [0.29, 0.717) is 12.5 Å². The van der Waals surface area contributed by atoms with Crippen LogP contribution in [-0.2, 0) is 6.54 Å². The number of nitrogens with zero attached hydrogens (tertiary/aromatic N) is 3. The van der Waals surface area contributed by atoms with Gasteiger partial charge in [0.05, 0.1) is 0 Å². The molecule has 1 N–H and O–H groups in total. The van der Waals surface area contributed by atoms with Gasteiger partial charge in [-0.25, -0.2) is 4.98 Å². The fourth-order valence-electron chi connectivity index (χ4n) is 2.19. The van der Waals surface area contributed by atoms with E-state index < -0.39 is 0 Å². The summed E-state index contributed by atoms with van der Waals surface area (Å²) in [5.74, 6) is 1.45. The average Bonchev–Trinajstić information content (AvgIpc) is 3.18. The van der Waals surface area contributed by atoms with Crippen LogP contribution in [0.2, 0.25) is 0 Å². The van der Waals surface area contributed by atoms with E-state index in [1.54, 1.807) is 11.9 Å². The Bertz CT molecular complexity index is 630. The summed E-state index contributed by atoms with van der Waals surface area (Å²) in [6, 6.07) is 8.06. The van der Waals surface area contributed by atoms with Crippen molar-refractivity contribution in [3.05, 3.63) is 47.0 Å². The molecule has 0 unspecified atom stereocenters. The molecule has 1 amide bonds. The number of aromatic amines is 1. The van der Waals surface area contributed by atoms with Gasteiger partial charge in [-0.3, -0.25) is 9.89 Å². The zero-order valence-electron chi connectivity index (χ0n) is 11.8. The van der Waals surface area contributed by atoms with Crippen LogP contribution in [0, 0.1) is 6.92 Å². The third-order valence-electron chi connectivity index (χ3n) is 3.67. The smallest absolute Gasteiger partial charge is 0.293 e. The standard InChI is InChI=1S/C15H18N4O/c1-10-5-3-4-6-12(10)9-19(2)15(20)14-16-13(17-18-14)11-7-8-11/h3-6,11H,7-9H2,1-2H3,(H,16,17,18). The number of carbonyl (C=O) groups is 1. The average molecular weight is 270 g/mol. The van der Waals surface area contributed by atoms with Gasteiger partial charge in [-0.05, 0) is 30.9 Å². The Hall–Kier alpha value is -2.17. The maximum atomic E-state index is 12.3. The van der Waals surface area contributed by atoms with Crippen LogP contribution in [0.25, 0.3) is 0 Å². The summed E-state index contributed by atoms with van der Waals surface area (Å²) in [4.78, 5) is 18.3. The van der Waals surface area contributed by atoms with Gasteiger partial charge < -0.3 is 4.90 Å². The number of aromatic nitrogens is 3. The highest BCUT2D eigenvalue weighted by atomic mass is 16.2. The number of nitrogens with one attached hydrogen (secondary N) is 1. The van der Waals surface area contributed by atoms with Crippen LogP contribution < -0.4 is 0 Å². The van der Waals surface area contributed by atoms with E-state index in [2.05, 4.69) is 15.2 Å². The molecule has 3 rings (SSSR count). The van der Waals surface area contributed by atoms with Crippen LogP contribution in [0.3, 0.4) is 0 Å². The Morgan fingerprint density at radius 1 is 1.40 bits per heavy atom. The Morgan fingerprint density at radius 2 is 2.15 bits per heavy atom. The molecule has 1 aromatic heterocycles. The summed E-state index contributed by atoms with van der Waals surface area (Å²) in [5, 5.41) is 6.91. The van der Waals surface area contributed by atoms with Gasteiger partial charge in [0.25, 0.3) is 5.91 Å². The summed E-state index contributed by atoms with van der Waals surface area (Å²) in [6.45, 7) is 2.62. The Balaban J connectivity index is 1.71. The molecule has 104 valence electrons. The second-order valence-electron chi connectivity index (χ2n) is 5.41. The van der Waals surface area contributed by atoms with Crippen LogP contribution in [0.1, 0.15) is 46.3 Å². The van der Waals surface area contributed by atoms with E-state index in [-0.39, 0.29) is 11.7 Å². The third kappa shape index (κ3) is 2.57. The SMILES string of the molecule is Cc1ccccc1CN(C)C(=O)c1n[nH]c(C2CC2)n1. The molecule has 1 aliphatic carbocycles. The van der Waals surface area contributed by atoms with Gasteiger partial charge in [0.15, 0.2) is 0 Å². The molecule has 1 saturated carbocycles. The van der Waals surface area contributed by atoms with Crippen molar-refractivity contribution in [2.24, 2.45) is 0 Å². The lowest BCUT2D eigenvalue weighted by Crippen LogP contribution is -2.27. The molecule has 0 aliphatic heterocycles. The largest absolute Gasteiger partial charge is 0.335 e. The van der Waals surface area contributed by atoms with Crippen molar-refractivity contribution in [1.29, 1.82) is 0 Å². The summed E-state index contributed by atoms with van der Waals surface area (Å²) in [6.07, 6.45) is 2.28. The molecule has 1 heterocycles. The van der Waals surface area contributed by atoms with E-state index in [4.69, 9.17) is 0 Å². The van der Waals surface area contributed by atoms with Crippen molar-refractivity contribution in [3.63, 3.8) is 0 Å². The minimum absolute atomic E-state index is 0.142. The molecule has 1 aromatic carbocycles. The van der Waals surface area contributed by atoms with Crippen LogP contribution >= 0.6 is 0 Å². The number of aryl methyl sites for hydroxylation is 1. The predicted octanol–water partition coefficient (Wildman–Crippen LogP) is 2.26. The molecule has 1 fully saturated rings. The highest BCUT2D eigenvalue weighted by Gasteiger charge is 2.28. The second kappa shape index (κ2) is 5.07. The first-order chi connectivity index (χ1) is 9.65. The zero-order chi connectivity index (χ0) is 14.1. The molecule has 1 aliphatic rings. The monoisotopic (exact) mass is 270 g/mol. The normalized spacial score (nSPS) is 14.3. The van der Waals surface area contributed by atoms with E-state index >= 15 is 0 Å². The highest BCUT2D eigenvalue weighted by molar-refractivity contribution is 5.90. The van der Waals surface area contributed by atoms with Crippen molar-refractivity contribution in [2.45, 2.75) is 32.2 Å². The van der Waals surface area contributed by atoms with E-state index in [0.717, 1.165) is 24.2 Å². The van der Waals surface area contributed by atoms with Gasteiger partial charge in [0.1, 0.15) is 5.82 Å². The van der Waals surface area contributed by atoms with Gasteiger partial charge in [0.2, 0.25) is 5.82 Å². The summed E-state index contributed by atoms with van der Waals surface area (Å²) < 4.78 is 0. The predicted molar refractivity (Wildman–Crippen MR) is 75.3 cm³/mol. The van der Waals surface area contributed by atoms with Gasteiger partial charge in [-0.2, -0.15) is 0 Å². The molecular formula is C15H18N4O. The molecule has 20 heavy (non-hydrogen) atoms. The van der Waals surface area contributed by atoms with Gasteiger partial charge >= 0.3 is 0 Å². The molecule has 0 spiro atoms. The fraction of sp³-hybridized carbons (Fsp3) is 0.400. The highest BCUT2D eigenvalue weighted by Crippen LogP contribution is 2.37. The topological polar surface area (TPSA) is 61.9 Å². The summed E-state index contributed by atoms with van der Waals surface area (Å²) in [5.41, 5.74) is 2.32. The van der Waals surface area contributed by atoms with Crippen molar-refractivity contribution < 1.29 is 4.79 Å². The summed E-state index contributed by atoms with van der Waals surface area (Å²) >= 11 is 0. The van der Waals surface area contributed by atoms with Crippen molar-refractivity contribution in [1.82, 2.24) is 20.1 Å². The van der Waals surface area contributed by atoms with Crippen molar-refractivity contribution in [2.75, 3.05) is 7.05 Å². The maximum Gasteiger partial charge on any atom is 0.293 e. The van der Waals surface area contributed by atoms with Crippen LogP contribution in [-0.4, -0.2) is 33.0 Å². The molecular weight excluding hydrogens is 252 g/mol. The van der Waals surface area contributed by atoms with E-state index in [9.17, 15) is 4.79 Å². The number of carbonyl (C=O) groups excluding carboxylic acids is 1. The molecule has 0 saturated heterocycles. The molecule has 5 heteroatoms. The van der Waals surface area contributed by atoms with Gasteiger partial charge in [0, 0.05) is 19.5 Å². The Labute approximate surface area is 118 Å². The fourth-order valence-corrected chi connectivity index (χ4v) is 2.19. The quantitative estimate of drug-likeness (QED) is 0.927. The Morgan fingerprint density at radius 3 is 2.85 bits per heavy atom. The first-order valence-corrected chi connectivity index (χ1v) is 6.87. The zero-order valence-corrected chi connectivity index (χ0v) is 11.8. The lowest BCUT2D eigenvalue weighted by atomic mass is 10.1. The molecule has 0 radical (unpaired) electrons. The molecule has 2 aromatic rings. The lowest BCUT2D eigenvalue weighted by Gasteiger charge is -2.16. The molecule has 0 atom stereocenters. The minimum Gasteiger partial charge on any atom is -0.335 e. The second-order valence-corrected chi connectivity index (χ2v) is 5.41. The lowest BCUT2D eigenvalue weighted by molar-refractivity contribution is 0.0773. The van der Waals surface area contributed by atoms with Crippen LogP contribution in [0.4, 0.5) is 0 Å². The number of amides is 1. The third-order valence-corrected chi connectivity index (χ3v) is 3.67. The van der Waals surface area contributed by atoms with E-state index in [1.807, 2.05) is 31.2 Å². The first-order valence-electron chi connectivity index (χ1n) is 6.87. The number of hydrogen-bond acceptors (Lipinski definition) is 3. The van der Waals surface area contributed by atoms with Gasteiger partial charge in [-0.1, -0.05) is 24.3 Å². The first kappa shape index (κ1) is 12.8. The number of benzene rings is 1. The molecule has 0 bridgehead atoms. The number of rotatable bonds is 4.